The molecule has 0 amide bonds. The quantitative estimate of drug-likeness (QED) is 0.276. The Morgan fingerprint density at radius 3 is 2.19 bits per heavy atom. The van der Waals surface area contributed by atoms with Crippen LogP contribution in [0.4, 0.5) is 5.69 Å². The third kappa shape index (κ3) is 3.82. The number of nitrogens with one attached hydrogen (secondary N) is 1. The van der Waals surface area contributed by atoms with Crippen LogP contribution in [0.3, 0.4) is 0 Å². The van der Waals surface area contributed by atoms with Gasteiger partial charge in [0, 0.05) is 11.1 Å². The summed E-state index contributed by atoms with van der Waals surface area (Å²) in [5.74, 6) is -0.0422. The van der Waals surface area contributed by atoms with E-state index in [1.165, 1.54) is 0 Å². The third-order valence-electron chi connectivity index (χ3n) is 5.55. The Balaban J connectivity index is 1.95. The maximum Gasteiger partial charge on any atom is 0.261 e. The van der Waals surface area contributed by atoms with E-state index in [1.54, 1.807) is 50.2 Å². The molecule has 0 atom stereocenters. The van der Waals surface area contributed by atoms with Crippen molar-refractivity contribution in [2.45, 2.75) is 25.7 Å². The van der Waals surface area contributed by atoms with E-state index in [1.807, 2.05) is 31.2 Å². The van der Waals surface area contributed by atoms with E-state index in [-0.39, 0.29) is 16.4 Å². The average molecular weight is 512 g/mol. The van der Waals surface area contributed by atoms with Crippen LogP contribution >= 0.6 is 15.9 Å². The Bertz CT molecular complexity index is 1460. The zero-order valence-electron chi connectivity index (χ0n) is 17.8. The lowest BCUT2D eigenvalue weighted by molar-refractivity contribution is 0.465. The number of hydrogen-bond acceptors (Lipinski definition) is 4. The van der Waals surface area contributed by atoms with Crippen LogP contribution in [0.15, 0.2) is 70.0 Å². The van der Waals surface area contributed by atoms with Gasteiger partial charge in [-0.15, -0.1) is 0 Å². The van der Waals surface area contributed by atoms with E-state index < -0.39 is 10.0 Å². The number of phenols is 2. The van der Waals surface area contributed by atoms with Crippen LogP contribution < -0.4 is 4.72 Å². The Hall–Kier alpha value is -3.03. The van der Waals surface area contributed by atoms with Gasteiger partial charge in [-0.2, -0.15) is 0 Å². The van der Waals surface area contributed by atoms with Crippen molar-refractivity contribution in [3.63, 3.8) is 0 Å². The second-order valence-electron chi connectivity index (χ2n) is 7.81. The van der Waals surface area contributed by atoms with E-state index in [4.69, 9.17) is 0 Å². The van der Waals surface area contributed by atoms with Crippen molar-refractivity contribution < 1.29 is 18.6 Å². The van der Waals surface area contributed by atoms with Crippen LogP contribution in [0.2, 0.25) is 0 Å². The van der Waals surface area contributed by atoms with Gasteiger partial charge in [0.15, 0.2) is 0 Å². The second kappa shape index (κ2) is 8.15. The van der Waals surface area contributed by atoms with Crippen LogP contribution in [0, 0.1) is 20.8 Å². The molecule has 0 fully saturated rings. The molecule has 4 rings (SSSR count). The summed E-state index contributed by atoms with van der Waals surface area (Å²) in [7, 11) is -3.85. The molecule has 0 saturated carbocycles. The maximum atomic E-state index is 13.0. The first kappa shape index (κ1) is 22.2. The molecule has 7 heteroatoms. The van der Waals surface area contributed by atoms with Crippen LogP contribution in [0.1, 0.15) is 16.7 Å². The van der Waals surface area contributed by atoms with Gasteiger partial charge in [0.05, 0.1) is 15.1 Å². The molecule has 4 aromatic rings. The van der Waals surface area contributed by atoms with E-state index in [9.17, 15) is 18.6 Å². The molecule has 4 aromatic carbocycles. The molecule has 0 aliphatic heterocycles. The molecular formula is C25H22BrNO4S. The van der Waals surface area contributed by atoms with Crippen molar-refractivity contribution in [1.29, 1.82) is 0 Å². The SMILES string of the molecule is Cc1ccc(S(=O)(=O)Nc2cc(C)c(O)c(-c3c(O)c(Br)cc4ccccc34)c2C)cc1. The zero-order valence-corrected chi connectivity index (χ0v) is 20.2. The highest BCUT2D eigenvalue weighted by Crippen LogP contribution is 2.48. The van der Waals surface area contributed by atoms with E-state index in [2.05, 4.69) is 20.7 Å². The van der Waals surface area contributed by atoms with E-state index >= 15 is 0 Å². The Morgan fingerprint density at radius 1 is 0.844 bits per heavy atom. The maximum absolute atomic E-state index is 13.0. The summed E-state index contributed by atoms with van der Waals surface area (Å²) >= 11 is 3.39. The van der Waals surface area contributed by atoms with Crippen molar-refractivity contribution in [3.8, 4) is 22.6 Å². The monoisotopic (exact) mass is 511 g/mol. The number of phenolic OH excluding ortho intramolecular Hbond substituents is 2. The van der Waals surface area contributed by atoms with Gasteiger partial charge < -0.3 is 10.2 Å². The highest BCUT2D eigenvalue weighted by Gasteiger charge is 2.23. The zero-order chi connectivity index (χ0) is 23.2. The number of fused-ring (bicyclic) bond motifs is 1. The van der Waals surface area contributed by atoms with Gasteiger partial charge in [-0.1, -0.05) is 42.0 Å². The minimum absolute atomic E-state index is 0.0145. The standard InChI is InChI=1S/C25H22BrNO4S/c1-14-8-10-18(11-9-14)32(30,31)27-21-12-15(2)24(28)22(16(21)3)23-19-7-5-4-6-17(19)13-20(26)25(23)29/h4-13,27-29H,1-3H3. The van der Waals surface area contributed by atoms with Gasteiger partial charge in [0.2, 0.25) is 0 Å². The summed E-state index contributed by atoms with van der Waals surface area (Å²) < 4.78 is 29.2. The Morgan fingerprint density at radius 2 is 1.50 bits per heavy atom. The van der Waals surface area contributed by atoms with Crippen LogP contribution in [0.5, 0.6) is 11.5 Å². The highest BCUT2D eigenvalue weighted by molar-refractivity contribution is 9.10. The van der Waals surface area contributed by atoms with Gasteiger partial charge in [0.25, 0.3) is 10.0 Å². The average Bonchev–Trinajstić information content (AvgIpc) is 2.75. The highest BCUT2D eigenvalue weighted by atomic mass is 79.9. The first-order chi connectivity index (χ1) is 15.1. The predicted octanol–water partition coefficient (Wildman–Crippen LogP) is 6.41. The molecule has 0 aliphatic carbocycles. The molecule has 0 saturated heterocycles. The number of aryl methyl sites for hydroxylation is 2. The summed E-state index contributed by atoms with van der Waals surface area (Å²) in [6.07, 6.45) is 0. The van der Waals surface area contributed by atoms with Gasteiger partial charge in [-0.3, -0.25) is 4.72 Å². The summed E-state index contributed by atoms with van der Waals surface area (Å²) in [5, 5.41) is 23.5. The van der Waals surface area contributed by atoms with Crippen molar-refractivity contribution in [1.82, 2.24) is 0 Å². The van der Waals surface area contributed by atoms with Crippen LogP contribution in [0.25, 0.3) is 21.9 Å². The number of halogens is 1. The molecule has 0 spiro atoms. The predicted molar refractivity (Wildman–Crippen MR) is 132 cm³/mol. The smallest absolute Gasteiger partial charge is 0.261 e. The molecule has 3 N–H and O–H groups in total. The lowest BCUT2D eigenvalue weighted by atomic mass is 9.91. The number of rotatable bonds is 4. The topological polar surface area (TPSA) is 86.6 Å². The first-order valence-electron chi connectivity index (χ1n) is 9.93. The van der Waals surface area contributed by atoms with Gasteiger partial charge in [0.1, 0.15) is 11.5 Å². The summed E-state index contributed by atoms with van der Waals surface area (Å²) in [5.41, 5.74) is 3.09. The number of hydrogen-bond donors (Lipinski definition) is 3. The number of benzene rings is 4. The fraction of sp³-hybridized carbons (Fsp3) is 0.120. The molecule has 0 heterocycles. The van der Waals surface area contributed by atoms with Crippen molar-refractivity contribution in [2.75, 3.05) is 4.72 Å². The fourth-order valence-electron chi connectivity index (χ4n) is 3.79. The van der Waals surface area contributed by atoms with E-state index in [0.717, 1.165) is 16.3 Å². The molecule has 0 aromatic heterocycles. The van der Waals surface area contributed by atoms with Crippen molar-refractivity contribution >= 4 is 42.4 Å². The molecule has 0 aliphatic rings. The Labute approximate surface area is 195 Å². The van der Waals surface area contributed by atoms with E-state index in [0.29, 0.717) is 32.4 Å². The van der Waals surface area contributed by atoms with Crippen LogP contribution in [-0.2, 0) is 10.0 Å². The molecular weight excluding hydrogens is 490 g/mol. The molecule has 164 valence electrons. The van der Waals surface area contributed by atoms with Crippen molar-refractivity contribution in [3.05, 3.63) is 81.8 Å². The van der Waals surface area contributed by atoms with Gasteiger partial charge in [-0.05, 0) is 82.9 Å². The molecule has 32 heavy (non-hydrogen) atoms. The first-order valence-corrected chi connectivity index (χ1v) is 12.2. The summed E-state index contributed by atoms with van der Waals surface area (Å²) in [6, 6.07) is 17.5. The summed E-state index contributed by atoms with van der Waals surface area (Å²) in [4.78, 5) is 0.144. The summed E-state index contributed by atoms with van der Waals surface area (Å²) in [6.45, 7) is 5.30. The number of aromatic hydroxyl groups is 2. The van der Waals surface area contributed by atoms with Crippen LogP contribution in [-0.4, -0.2) is 18.6 Å². The second-order valence-corrected chi connectivity index (χ2v) is 10.3. The number of sulfonamides is 1. The Kier molecular flexibility index (Phi) is 5.65. The van der Waals surface area contributed by atoms with Gasteiger partial charge in [-0.25, -0.2) is 8.42 Å². The molecule has 0 unspecified atom stereocenters. The fourth-order valence-corrected chi connectivity index (χ4v) is 5.35. The lowest BCUT2D eigenvalue weighted by Gasteiger charge is -2.20. The largest absolute Gasteiger partial charge is 0.507 e. The normalized spacial score (nSPS) is 11.6. The minimum atomic E-state index is -3.85. The molecule has 0 bridgehead atoms. The minimum Gasteiger partial charge on any atom is -0.507 e. The number of anilines is 1. The van der Waals surface area contributed by atoms with Gasteiger partial charge >= 0.3 is 0 Å². The third-order valence-corrected chi connectivity index (χ3v) is 7.54. The van der Waals surface area contributed by atoms with Crippen molar-refractivity contribution in [2.24, 2.45) is 0 Å². The molecule has 0 radical (unpaired) electrons. The lowest BCUT2D eigenvalue weighted by Crippen LogP contribution is -2.14. The molecule has 5 nitrogen and oxygen atoms in total.